The standard InChI is InChI=1S/C16H21N5/c17-11-12-4-6-13(7-5-12)14-8-10-19-16(20-14)21-15-3-1-2-9-18-15/h1-3,8-10,12-13H,4-7,11,17H2,(H,18,19,20,21). The van der Waals surface area contributed by atoms with Crippen LogP contribution in [-0.4, -0.2) is 21.5 Å². The molecule has 0 aromatic carbocycles. The summed E-state index contributed by atoms with van der Waals surface area (Å²) in [6.45, 7) is 0.809. The van der Waals surface area contributed by atoms with Crippen LogP contribution < -0.4 is 11.1 Å². The fourth-order valence-corrected chi connectivity index (χ4v) is 2.91. The molecule has 2 aromatic heterocycles. The van der Waals surface area contributed by atoms with Crippen LogP contribution in [0, 0.1) is 5.92 Å². The lowest BCUT2D eigenvalue weighted by Crippen LogP contribution is -2.21. The largest absolute Gasteiger partial charge is 0.330 e. The van der Waals surface area contributed by atoms with E-state index in [1.807, 2.05) is 30.5 Å². The Bertz CT molecular complexity index is 564. The van der Waals surface area contributed by atoms with E-state index in [2.05, 4.69) is 20.3 Å². The number of nitrogens with zero attached hydrogens (tertiary/aromatic N) is 3. The Kier molecular flexibility index (Phi) is 4.40. The molecule has 21 heavy (non-hydrogen) atoms. The first-order valence-corrected chi connectivity index (χ1v) is 7.56. The molecule has 3 N–H and O–H groups in total. The maximum atomic E-state index is 5.75. The zero-order valence-electron chi connectivity index (χ0n) is 12.1. The summed E-state index contributed by atoms with van der Waals surface area (Å²) in [5, 5.41) is 3.15. The highest BCUT2D eigenvalue weighted by Gasteiger charge is 2.22. The summed E-state index contributed by atoms with van der Waals surface area (Å²) < 4.78 is 0. The molecule has 0 atom stereocenters. The molecule has 0 aliphatic heterocycles. The van der Waals surface area contributed by atoms with Gasteiger partial charge in [0.2, 0.25) is 5.95 Å². The fraction of sp³-hybridized carbons (Fsp3) is 0.438. The summed E-state index contributed by atoms with van der Waals surface area (Å²) in [6, 6.07) is 7.76. The van der Waals surface area contributed by atoms with Crippen molar-refractivity contribution in [3.63, 3.8) is 0 Å². The highest BCUT2D eigenvalue weighted by Crippen LogP contribution is 2.34. The zero-order valence-corrected chi connectivity index (χ0v) is 12.1. The van der Waals surface area contributed by atoms with Crippen molar-refractivity contribution < 1.29 is 0 Å². The van der Waals surface area contributed by atoms with Gasteiger partial charge in [-0.1, -0.05) is 6.07 Å². The van der Waals surface area contributed by atoms with E-state index in [-0.39, 0.29) is 0 Å². The van der Waals surface area contributed by atoms with Crippen LogP contribution in [0.3, 0.4) is 0 Å². The lowest BCUT2D eigenvalue weighted by Gasteiger charge is -2.27. The second-order valence-electron chi connectivity index (χ2n) is 5.60. The SMILES string of the molecule is NCC1CCC(c2ccnc(Nc3ccccn3)n2)CC1. The number of aromatic nitrogens is 3. The quantitative estimate of drug-likeness (QED) is 0.902. The third-order valence-corrected chi connectivity index (χ3v) is 4.18. The van der Waals surface area contributed by atoms with Gasteiger partial charge in [0.05, 0.1) is 0 Å². The van der Waals surface area contributed by atoms with Crippen LogP contribution in [0.15, 0.2) is 36.7 Å². The van der Waals surface area contributed by atoms with Crippen molar-refractivity contribution in [1.82, 2.24) is 15.0 Å². The van der Waals surface area contributed by atoms with Crippen molar-refractivity contribution >= 4 is 11.8 Å². The normalized spacial score (nSPS) is 22.0. The first-order valence-electron chi connectivity index (χ1n) is 7.56. The minimum Gasteiger partial charge on any atom is -0.330 e. The van der Waals surface area contributed by atoms with Gasteiger partial charge in [-0.3, -0.25) is 0 Å². The zero-order chi connectivity index (χ0) is 14.5. The first-order chi connectivity index (χ1) is 10.3. The minimum absolute atomic E-state index is 0.528. The third-order valence-electron chi connectivity index (χ3n) is 4.18. The van der Waals surface area contributed by atoms with E-state index in [9.17, 15) is 0 Å². The third kappa shape index (κ3) is 3.55. The molecular formula is C16H21N5. The maximum absolute atomic E-state index is 5.75. The van der Waals surface area contributed by atoms with E-state index in [1.54, 1.807) is 6.20 Å². The predicted octanol–water partition coefficient (Wildman–Crippen LogP) is 2.85. The average Bonchev–Trinajstić information content (AvgIpc) is 2.56. The van der Waals surface area contributed by atoms with Gasteiger partial charge in [-0.25, -0.2) is 15.0 Å². The molecule has 0 spiro atoms. The molecule has 0 amide bonds. The molecule has 1 fully saturated rings. The van der Waals surface area contributed by atoms with Gasteiger partial charge >= 0.3 is 0 Å². The molecule has 0 radical (unpaired) electrons. The van der Waals surface area contributed by atoms with Crippen LogP contribution in [-0.2, 0) is 0 Å². The Hall–Kier alpha value is -2.01. The average molecular weight is 283 g/mol. The molecule has 1 saturated carbocycles. The molecule has 1 aliphatic rings. The van der Waals surface area contributed by atoms with Crippen LogP contribution in [0.4, 0.5) is 11.8 Å². The maximum Gasteiger partial charge on any atom is 0.228 e. The topological polar surface area (TPSA) is 76.7 Å². The molecule has 0 unspecified atom stereocenters. The number of anilines is 2. The molecule has 5 nitrogen and oxygen atoms in total. The van der Waals surface area contributed by atoms with Crippen molar-refractivity contribution in [2.75, 3.05) is 11.9 Å². The molecule has 2 aromatic rings. The highest BCUT2D eigenvalue weighted by atomic mass is 15.1. The summed E-state index contributed by atoms with van der Waals surface area (Å²) in [5.41, 5.74) is 6.88. The summed E-state index contributed by atoms with van der Waals surface area (Å²) in [7, 11) is 0. The number of hydrogen-bond acceptors (Lipinski definition) is 5. The summed E-state index contributed by atoms with van der Waals surface area (Å²) in [4.78, 5) is 13.2. The van der Waals surface area contributed by atoms with Gasteiger partial charge < -0.3 is 11.1 Å². The Balaban J connectivity index is 1.69. The van der Waals surface area contributed by atoms with Crippen LogP contribution in [0.5, 0.6) is 0 Å². The first kappa shape index (κ1) is 13.9. The fourth-order valence-electron chi connectivity index (χ4n) is 2.91. The van der Waals surface area contributed by atoms with Gasteiger partial charge in [-0.05, 0) is 56.3 Å². The van der Waals surface area contributed by atoms with E-state index in [4.69, 9.17) is 5.73 Å². The number of nitrogens with two attached hydrogens (primary N) is 1. The molecule has 0 bridgehead atoms. The van der Waals surface area contributed by atoms with Crippen molar-refractivity contribution in [3.05, 3.63) is 42.4 Å². The Morgan fingerprint density at radius 3 is 2.62 bits per heavy atom. The van der Waals surface area contributed by atoms with Gasteiger partial charge in [0.15, 0.2) is 0 Å². The molecule has 3 rings (SSSR count). The summed E-state index contributed by atoms with van der Waals surface area (Å²) in [5.74, 6) is 2.60. The van der Waals surface area contributed by atoms with Gasteiger partial charge in [0, 0.05) is 24.0 Å². The van der Waals surface area contributed by atoms with Gasteiger partial charge in [0.1, 0.15) is 5.82 Å². The van der Waals surface area contributed by atoms with E-state index >= 15 is 0 Å². The van der Waals surface area contributed by atoms with E-state index in [1.165, 1.54) is 25.7 Å². The van der Waals surface area contributed by atoms with Crippen LogP contribution in [0.25, 0.3) is 0 Å². The number of pyridine rings is 1. The molecule has 2 heterocycles. The van der Waals surface area contributed by atoms with Crippen molar-refractivity contribution in [3.8, 4) is 0 Å². The minimum atomic E-state index is 0.528. The van der Waals surface area contributed by atoms with Gasteiger partial charge in [0.25, 0.3) is 0 Å². The number of rotatable bonds is 4. The second kappa shape index (κ2) is 6.63. The lowest BCUT2D eigenvalue weighted by atomic mass is 9.80. The van der Waals surface area contributed by atoms with Crippen molar-refractivity contribution in [2.45, 2.75) is 31.6 Å². The molecule has 0 saturated heterocycles. The highest BCUT2D eigenvalue weighted by molar-refractivity contribution is 5.46. The van der Waals surface area contributed by atoms with E-state index < -0.39 is 0 Å². The Labute approximate surface area is 125 Å². The van der Waals surface area contributed by atoms with Crippen molar-refractivity contribution in [1.29, 1.82) is 0 Å². The Morgan fingerprint density at radius 1 is 1.05 bits per heavy atom. The van der Waals surface area contributed by atoms with Gasteiger partial charge in [-0.15, -0.1) is 0 Å². The lowest BCUT2D eigenvalue weighted by molar-refractivity contribution is 0.329. The van der Waals surface area contributed by atoms with Crippen LogP contribution >= 0.6 is 0 Å². The van der Waals surface area contributed by atoms with Crippen LogP contribution in [0.2, 0.25) is 0 Å². The Morgan fingerprint density at radius 2 is 1.90 bits per heavy atom. The summed E-state index contributed by atoms with van der Waals surface area (Å²) >= 11 is 0. The molecule has 110 valence electrons. The molecular weight excluding hydrogens is 262 g/mol. The monoisotopic (exact) mass is 283 g/mol. The van der Waals surface area contributed by atoms with E-state index in [0.29, 0.717) is 17.8 Å². The summed E-state index contributed by atoms with van der Waals surface area (Å²) in [6.07, 6.45) is 8.31. The predicted molar refractivity (Wildman–Crippen MR) is 83.3 cm³/mol. The van der Waals surface area contributed by atoms with E-state index in [0.717, 1.165) is 18.1 Å². The smallest absolute Gasteiger partial charge is 0.228 e. The van der Waals surface area contributed by atoms with Gasteiger partial charge in [-0.2, -0.15) is 0 Å². The van der Waals surface area contributed by atoms with Crippen molar-refractivity contribution in [2.24, 2.45) is 11.7 Å². The van der Waals surface area contributed by atoms with Crippen LogP contribution in [0.1, 0.15) is 37.3 Å². The molecule has 5 heteroatoms. The molecule has 1 aliphatic carbocycles. The number of hydrogen-bond donors (Lipinski definition) is 2. The number of nitrogens with one attached hydrogen (secondary N) is 1. The second-order valence-corrected chi connectivity index (χ2v) is 5.60.